The van der Waals surface area contributed by atoms with Crippen LogP contribution in [0.25, 0.3) is 11.3 Å². The van der Waals surface area contributed by atoms with Gasteiger partial charge in [0.2, 0.25) is 5.91 Å². The molecule has 0 aliphatic heterocycles. The molecule has 1 fully saturated rings. The number of nitrogens with one attached hydrogen (secondary N) is 1. The van der Waals surface area contributed by atoms with Crippen molar-refractivity contribution in [3.8, 4) is 11.3 Å². The van der Waals surface area contributed by atoms with Gasteiger partial charge in [-0.05, 0) is 30.9 Å². The number of hydrogen-bond acceptors (Lipinski definition) is 4. The minimum atomic E-state index is 0.0724. The van der Waals surface area contributed by atoms with Crippen LogP contribution in [0.4, 0.5) is 10.8 Å². The Morgan fingerprint density at radius 2 is 2.30 bits per heavy atom. The second-order valence-electron chi connectivity index (χ2n) is 5.21. The third-order valence-corrected chi connectivity index (χ3v) is 4.39. The SMILES string of the molecule is Nc1cccc(-c2csc(NC(=O)CC3CCC3)n2)c1. The average Bonchev–Trinajstić information content (AvgIpc) is 2.82. The lowest BCUT2D eigenvalue weighted by atomic mass is 9.83. The molecule has 1 amide bonds. The summed E-state index contributed by atoms with van der Waals surface area (Å²) < 4.78 is 0. The quantitative estimate of drug-likeness (QED) is 0.845. The predicted molar refractivity (Wildman–Crippen MR) is 82.6 cm³/mol. The number of amides is 1. The Balaban J connectivity index is 1.65. The van der Waals surface area contributed by atoms with Gasteiger partial charge < -0.3 is 11.1 Å². The van der Waals surface area contributed by atoms with Gasteiger partial charge in [-0.3, -0.25) is 4.79 Å². The summed E-state index contributed by atoms with van der Waals surface area (Å²) in [5, 5.41) is 5.48. The van der Waals surface area contributed by atoms with E-state index in [0.29, 0.717) is 23.2 Å². The molecule has 0 saturated heterocycles. The van der Waals surface area contributed by atoms with Gasteiger partial charge in [-0.25, -0.2) is 4.98 Å². The number of carbonyl (C=O) groups excluding carboxylic acids is 1. The molecule has 4 nitrogen and oxygen atoms in total. The minimum Gasteiger partial charge on any atom is -0.399 e. The van der Waals surface area contributed by atoms with Crippen molar-refractivity contribution >= 4 is 28.1 Å². The molecule has 1 saturated carbocycles. The van der Waals surface area contributed by atoms with E-state index in [0.717, 1.165) is 11.3 Å². The number of nitrogens with zero attached hydrogens (tertiary/aromatic N) is 1. The van der Waals surface area contributed by atoms with Crippen LogP contribution in [-0.2, 0) is 4.79 Å². The third kappa shape index (κ3) is 2.99. The summed E-state index contributed by atoms with van der Waals surface area (Å²) in [6, 6.07) is 7.59. The molecule has 1 aromatic carbocycles. The minimum absolute atomic E-state index is 0.0724. The molecule has 3 rings (SSSR count). The summed E-state index contributed by atoms with van der Waals surface area (Å²) in [6.07, 6.45) is 4.24. The molecule has 0 spiro atoms. The van der Waals surface area contributed by atoms with Gasteiger partial charge >= 0.3 is 0 Å². The first kappa shape index (κ1) is 13.1. The standard InChI is InChI=1S/C15H17N3OS/c16-12-6-2-5-11(8-12)13-9-20-15(17-13)18-14(19)7-10-3-1-4-10/h2,5-6,8-10H,1,3-4,7,16H2,(H,17,18,19). The Bertz CT molecular complexity index is 619. The van der Waals surface area contributed by atoms with Crippen LogP contribution in [0.3, 0.4) is 0 Å². The van der Waals surface area contributed by atoms with Gasteiger partial charge in [-0.15, -0.1) is 11.3 Å². The highest BCUT2D eigenvalue weighted by Gasteiger charge is 2.21. The topological polar surface area (TPSA) is 68.0 Å². The highest BCUT2D eigenvalue weighted by molar-refractivity contribution is 7.14. The van der Waals surface area contributed by atoms with Gasteiger partial charge in [0.25, 0.3) is 0 Å². The van der Waals surface area contributed by atoms with E-state index in [9.17, 15) is 4.79 Å². The number of hydrogen-bond donors (Lipinski definition) is 2. The van der Waals surface area contributed by atoms with Gasteiger partial charge in [-0.2, -0.15) is 0 Å². The van der Waals surface area contributed by atoms with Crippen molar-refractivity contribution in [2.24, 2.45) is 5.92 Å². The van der Waals surface area contributed by atoms with Crippen LogP contribution >= 0.6 is 11.3 Å². The van der Waals surface area contributed by atoms with Crippen LogP contribution < -0.4 is 11.1 Å². The third-order valence-electron chi connectivity index (χ3n) is 3.63. The van der Waals surface area contributed by atoms with Crippen molar-refractivity contribution in [2.75, 3.05) is 11.1 Å². The van der Waals surface area contributed by atoms with E-state index in [1.54, 1.807) is 0 Å². The number of aromatic nitrogens is 1. The number of carbonyl (C=O) groups is 1. The highest BCUT2D eigenvalue weighted by Crippen LogP contribution is 2.30. The van der Waals surface area contributed by atoms with E-state index in [1.165, 1.54) is 30.6 Å². The fourth-order valence-electron chi connectivity index (χ4n) is 2.29. The molecule has 0 unspecified atom stereocenters. The molecule has 104 valence electrons. The molecular weight excluding hydrogens is 270 g/mol. The largest absolute Gasteiger partial charge is 0.399 e. The molecular formula is C15H17N3OS. The number of benzene rings is 1. The Labute approximate surface area is 122 Å². The van der Waals surface area contributed by atoms with Crippen molar-refractivity contribution in [1.29, 1.82) is 0 Å². The molecule has 3 N–H and O–H groups in total. The zero-order valence-corrected chi connectivity index (χ0v) is 12.0. The summed E-state index contributed by atoms with van der Waals surface area (Å²) in [7, 11) is 0. The maximum absolute atomic E-state index is 11.9. The molecule has 2 aromatic rings. The monoisotopic (exact) mass is 287 g/mol. The molecule has 5 heteroatoms. The van der Waals surface area contributed by atoms with Crippen LogP contribution in [0.5, 0.6) is 0 Å². The number of nitrogens with two attached hydrogens (primary N) is 1. The second kappa shape index (κ2) is 5.63. The fraction of sp³-hybridized carbons (Fsp3) is 0.333. The summed E-state index contributed by atoms with van der Waals surface area (Å²) in [5.41, 5.74) is 8.30. The highest BCUT2D eigenvalue weighted by atomic mass is 32.1. The number of rotatable bonds is 4. The first-order valence-electron chi connectivity index (χ1n) is 6.82. The van der Waals surface area contributed by atoms with Crippen LogP contribution in [-0.4, -0.2) is 10.9 Å². The summed E-state index contributed by atoms with van der Waals surface area (Å²) in [6.45, 7) is 0. The van der Waals surface area contributed by atoms with Crippen LogP contribution in [0.1, 0.15) is 25.7 Å². The average molecular weight is 287 g/mol. The lowest BCUT2D eigenvalue weighted by Crippen LogP contribution is -2.20. The van der Waals surface area contributed by atoms with Crippen molar-refractivity contribution in [3.05, 3.63) is 29.6 Å². The van der Waals surface area contributed by atoms with Crippen LogP contribution in [0, 0.1) is 5.92 Å². The zero-order chi connectivity index (χ0) is 13.9. The first-order chi connectivity index (χ1) is 9.70. The molecule has 0 radical (unpaired) electrons. The molecule has 0 atom stereocenters. The number of nitrogen functional groups attached to an aromatic ring is 1. The normalized spacial score (nSPS) is 14.8. The summed E-state index contributed by atoms with van der Waals surface area (Å²) >= 11 is 1.45. The number of thiazole rings is 1. The van der Waals surface area contributed by atoms with Crippen molar-refractivity contribution in [2.45, 2.75) is 25.7 Å². The van der Waals surface area contributed by atoms with E-state index >= 15 is 0 Å². The molecule has 0 bridgehead atoms. The number of anilines is 2. The van der Waals surface area contributed by atoms with Crippen molar-refractivity contribution < 1.29 is 4.79 Å². The Morgan fingerprint density at radius 1 is 1.45 bits per heavy atom. The molecule has 1 aliphatic carbocycles. The van der Waals surface area contributed by atoms with E-state index in [1.807, 2.05) is 29.6 Å². The lowest BCUT2D eigenvalue weighted by Gasteiger charge is -2.24. The molecule has 20 heavy (non-hydrogen) atoms. The summed E-state index contributed by atoms with van der Waals surface area (Å²) in [4.78, 5) is 16.3. The molecule has 1 heterocycles. The van der Waals surface area contributed by atoms with Gasteiger partial charge in [0.05, 0.1) is 5.69 Å². The lowest BCUT2D eigenvalue weighted by molar-refractivity contribution is -0.117. The van der Waals surface area contributed by atoms with E-state index < -0.39 is 0 Å². The molecule has 1 aromatic heterocycles. The van der Waals surface area contributed by atoms with Gasteiger partial charge in [0, 0.05) is 23.1 Å². The van der Waals surface area contributed by atoms with Gasteiger partial charge in [0.15, 0.2) is 5.13 Å². The van der Waals surface area contributed by atoms with Gasteiger partial charge in [0.1, 0.15) is 0 Å². The first-order valence-corrected chi connectivity index (χ1v) is 7.70. The Kier molecular flexibility index (Phi) is 3.69. The van der Waals surface area contributed by atoms with E-state index in [4.69, 9.17) is 5.73 Å². The predicted octanol–water partition coefficient (Wildman–Crippen LogP) is 3.52. The maximum Gasteiger partial charge on any atom is 0.226 e. The van der Waals surface area contributed by atoms with Crippen LogP contribution in [0.2, 0.25) is 0 Å². The van der Waals surface area contributed by atoms with Gasteiger partial charge in [-0.1, -0.05) is 18.6 Å². The van der Waals surface area contributed by atoms with Crippen molar-refractivity contribution in [1.82, 2.24) is 4.98 Å². The van der Waals surface area contributed by atoms with Crippen molar-refractivity contribution in [3.63, 3.8) is 0 Å². The Hall–Kier alpha value is -1.88. The Morgan fingerprint density at radius 3 is 3.00 bits per heavy atom. The second-order valence-corrected chi connectivity index (χ2v) is 6.07. The zero-order valence-electron chi connectivity index (χ0n) is 11.1. The maximum atomic E-state index is 11.9. The van der Waals surface area contributed by atoms with E-state index in [-0.39, 0.29) is 5.91 Å². The van der Waals surface area contributed by atoms with E-state index in [2.05, 4.69) is 10.3 Å². The van der Waals surface area contributed by atoms with Crippen LogP contribution in [0.15, 0.2) is 29.6 Å². The fourth-order valence-corrected chi connectivity index (χ4v) is 3.03. The molecule has 1 aliphatic rings. The smallest absolute Gasteiger partial charge is 0.226 e. The summed E-state index contributed by atoms with van der Waals surface area (Å²) in [5.74, 6) is 0.645.